The minimum absolute atomic E-state index is 0.342. The number of nitrogens with one attached hydrogen (secondary N) is 1. The Balaban J connectivity index is 2.16. The fourth-order valence-electron chi connectivity index (χ4n) is 2.57. The summed E-state index contributed by atoms with van der Waals surface area (Å²) in [7, 11) is 3.83. The van der Waals surface area contributed by atoms with E-state index >= 15 is 0 Å². The molecule has 3 heteroatoms. The molecule has 1 aliphatic rings. The average molecular weight is 229 g/mol. The third-order valence-electron chi connectivity index (χ3n) is 3.59. The number of ether oxygens (including phenoxy) is 2. The van der Waals surface area contributed by atoms with E-state index in [1.54, 1.807) is 7.11 Å². The Hall–Kier alpha value is -0.120. The maximum Gasteiger partial charge on any atom is 0.0721 e. The van der Waals surface area contributed by atoms with Crippen molar-refractivity contribution in [2.45, 2.75) is 63.7 Å². The molecular formula is C13H27NO2. The summed E-state index contributed by atoms with van der Waals surface area (Å²) in [5.41, 5.74) is 0. The average Bonchev–Trinajstić information content (AvgIpc) is 2.81. The third-order valence-corrected chi connectivity index (χ3v) is 3.59. The van der Waals surface area contributed by atoms with Gasteiger partial charge in [-0.2, -0.15) is 0 Å². The topological polar surface area (TPSA) is 30.5 Å². The summed E-state index contributed by atoms with van der Waals surface area (Å²) >= 11 is 0. The zero-order chi connectivity index (χ0) is 11.8. The first-order chi connectivity index (χ1) is 7.81. The highest BCUT2D eigenvalue weighted by molar-refractivity contribution is 4.75. The van der Waals surface area contributed by atoms with Crippen LogP contribution in [0.5, 0.6) is 0 Å². The van der Waals surface area contributed by atoms with Crippen molar-refractivity contribution < 1.29 is 9.47 Å². The number of methoxy groups -OCH3 is 1. The molecular weight excluding hydrogens is 202 g/mol. The zero-order valence-electron chi connectivity index (χ0n) is 11.0. The Morgan fingerprint density at radius 2 is 2.31 bits per heavy atom. The lowest BCUT2D eigenvalue weighted by molar-refractivity contribution is 0.0602. The predicted octanol–water partition coefficient (Wildman–Crippen LogP) is 2.35. The Labute approximate surface area is 99.9 Å². The molecule has 0 amide bonds. The van der Waals surface area contributed by atoms with Gasteiger partial charge in [0.1, 0.15) is 0 Å². The van der Waals surface area contributed by atoms with Crippen LogP contribution in [0.1, 0.15) is 45.4 Å². The van der Waals surface area contributed by atoms with Gasteiger partial charge in [0.05, 0.1) is 12.2 Å². The van der Waals surface area contributed by atoms with Crippen LogP contribution in [0.4, 0.5) is 0 Å². The molecule has 96 valence electrons. The summed E-state index contributed by atoms with van der Waals surface area (Å²) in [5.74, 6) is 0. The van der Waals surface area contributed by atoms with Crippen LogP contribution in [0.25, 0.3) is 0 Å². The molecule has 3 unspecified atom stereocenters. The largest absolute Gasteiger partial charge is 0.380 e. The van der Waals surface area contributed by atoms with E-state index in [1.165, 1.54) is 32.1 Å². The van der Waals surface area contributed by atoms with Crippen LogP contribution in [-0.2, 0) is 9.47 Å². The van der Waals surface area contributed by atoms with Gasteiger partial charge in [0.25, 0.3) is 0 Å². The van der Waals surface area contributed by atoms with E-state index in [-0.39, 0.29) is 0 Å². The molecule has 0 aliphatic carbocycles. The lowest BCUT2D eigenvalue weighted by Crippen LogP contribution is -2.38. The Morgan fingerprint density at radius 1 is 1.50 bits per heavy atom. The van der Waals surface area contributed by atoms with Crippen molar-refractivity contribution in [2.75, 3.05) is 20.8 Å². The van der Waals surface area contributed by atoms with Gasteiger partial charge in [0, 0.05) is 19.8 Å². The van der Waals surface area contributed by atoms with Crippen molar-refractivity contribution in [3.63, 3.8) is 0 Å². The van der Waals surface area contributed by atoms with Crippen LogP contribution in [0.3, 0.4) is 0 Å². The molecule has 3 atom stereocenters. The van der Waals surface area contributed by atoms with Gasteiger partial charge < -0.3 is 14.8 Å². The highest BCUT2D eigenvalue weighted by atomic mass is 16.5. The van der Waals surface area contributed by atoms with Crippen molar-refractivity contribution in [3.8, 4) is 0 Å². The van der Waals surface area contributed by atoms with Gasteiger partial charge in [-0.3, -0.25) is 0 Å². The molecule has 1 fully saturated rings. The van der Waals surface area contributed by atoms with Gasteiger partial charge in [-0.05, 0) is 45.6 Å². The first-order valence-electron chi connectivity index (χ1n) is 6.63. The highest BCUT2D eigenvalue weighted by Gasteiger charge is 2.19. The molecule has 0 aromatic carbocycles. The minimum atomic E-state index is 0.342. The lowest BCUT2D eigenvalue weighted by Gasteiger charge is -2.25. The standard InChI is InChI=1S/C13H27NO2/c1-4-13(15-3)12(14-2)9-5-7-11-8-6-10-16-11/h11-14H,4-10H2,1-3H3. The van der Waals surface area contributed by atoms with Gasteiger partial charge in [0.15, 0.2) is 0 Å². The van der Waals surface area contributed by atoms with Crippen molar-refractivity contribution in [3.05, 3.63) is 0 Å². The van der Waals surface area contributed by atoms with Crippen molar-refractivity contribution >= 4 is 0 Å². The summed E-state index contributed by atoms with van der Waals surface area (Å²) in [6.45, 7) is 3.15. The molecule has 1 N–H and O–H groups in total. The van der Waals surface area contributed by atoms with Crippen molar-refractivity contribution in [1.29, 1.82) is 0 Å². The van der Waals surface area contributed by atoms with Gasteiger partial charge in [-0.1, -0.05) is 6.92 Å². The molecule has 0 aromatic rings. The number of hydrogen-bond donors (Lipinski definition) is 1. The summed E-state index contributed by atoms with van der Waals surface area (Å²) in [6.07, 6.45) is 8.06. The summed E-state index contributed by atoms with van der Waals surface area (Å²) < 4.78 is 11.1. The quantitative estimate of drug-likeness (QED) is 0.693. The first kappa shape index (κ1) is 13.9. The van der Waals surface area contributed by atoms with E-state index in [2.05, 4.69) is 12.2 Å². The maximum atomic E-state index is 5.63. The van der Waals surface area contributed by atoms with Gasteiger partial charge in [0.2, 0.25) is 0 Å². The van der Waals surface area contributed by atoms with E-state index < -0.39 is 0 Å². The van der Waals surface area contributed by atoms with E-state index in [1.807, 2.05) is 7.05 Å². The zero-order valence-corrected chi connectivity index (χ0v) is 11.0. The highest BCUT2D eigenvalue weighted by Crippen LogP contribution is 2.19. The van der Waals surface area contributed by atoms with E-state index in [0.29, 0.717) is 18.2 Å². The summed E-state index contributed by atoms with van der Waals surface area (Å²) in [5, 5.41) is 3.36. The van der Waals surface area contributed by atoms with Crippen LogP contribution in [-0.4, -0.2) is 39.0 Å². The Bertz CT molecular complexity index is 165. The molecule has 0 spiro atoms. The maximum absolute atomic E-state index is 5.63. The van der Waals surface area contributed by atoms with Crippen LogP contribution >= 0.6 is 0 Å². The molecule has 0 radical (unpaired) electrons. The van der Waals surface area contributed by atoms with E-state index in [0.717, 1.165) is 13.0 Å². The molecule has 0 saturated carbocycles. The Morgan fingerprint density at radius 3 is 2.81 bits per heavy atom. The van der Waals surface area contributed by atoms with Crippen molar-refractivity contribution in [1.82, 2.24) is 5.32 Å². The van der Waals surface area contributed by atoms with Crippen LogP contribution in [0, 0.1) is 0 Å². The predicted molar refractivity (Wildman–Crippen MR) is 66.8 cm³/mol. The third kappa shape index (κ3) is 4.40. The molecule has 3 nitrogen and oxygen atoms in total. The number of hydrogen-bond acceptors (Lipinski definition) is 3. The molecule has 0 bridgehead atoms. The molecule has 16 heavy (non-hydrogen) atoms. The fourth-order valence-corrected chi connectivity index (χ4v) is 2.57. The second-order valence-corrected chi connectivity index (χ2v) is 4.64. The van der Waals surface area contributed by atoms with E-state index in [9.17, 15) is 0 Å². The SMILES string of the molecule is CCC(OC)C(CCCC1CCCO1)NC. The van der Waals surface area contributed by atoms with Crippen LogP contribution in [0.2, 0.25) is 0 Å². The summed E-state index contributed by atoms with van der Waals surface area (Å²) in [4.78, 5) is 0. The van der Waals surface area contributed by atoms with Gasteiger partial charge in [-0.25, -0.2) is 0 Å². The Kier molecular flexibility index (Phi) is 7.01. The van der Waals surface area contributed by atoms with E-state index in [4.69, 9.17) is 9.47 Å². The second kappa shape index (κ2) is 8.04. The van der Waals surface area contributed by atoms with Gasteiger partial charge >= 0.3 is 0 Å². The number of likely N-dealkylation sites (N-methyl/N-ethyl adjacent to an activating group) is 1. The van der Waals surface area contributed by atoms with Crippen molar-refractivity contribution in [2.24, 2.45) is 0 Å². The molecule has 1 heterocycles. The number of rotatable bonds is 8. The minimum Gasteiger partial charge on any atom is -0.380 e. The lowest BCUT2D eigenvalue weighted by atomic mass is 10.00. The second-order valence-electron chi connectivity index (χ2n) is 4.64. The monoisotopic (exact) mass is 229 g/mol. The van der Waals surface area contributed by atoms with Crippen LogP contribution in [0.15, 0.2) is 0 Å². The first-order valence-corrected chi connectivity index (χ1v) is 6.63. The summed E-state index contributed by atoms with van der Waals surface area (Å²) in [6, 6.07) is 0.483. The van der Waals surface area contributed by atoms with Gasteiger partial charge in [-0.15, -0.1) is 0 Å². The molecule has 1 aliphatic heterocycles. The van der Waals surface area contributed by atoms with Crippen LogP contribution < -0.4 is 5.32 Å². The normalized spacial score (nSPS) is 24.6. The molecule has 1 rings (SSSR count). The molecule has 1 saturated heterocycles. The molecule has 0 aromatic heterocycles. The fraction of sp³-hybridized carbons (Fsp3) is 1.00. The smallest absolute Gasteiger partial charge is 0.0721 e.